The Kier molecular flexibility index (Phi) is 4.79. The second-order valence-electron chi connectivity index (χ2n) is 7.41. The Morgan fingerprint density at radius 2 is 1.88 bits per heavy atom. The van der Waals surface area contributed by atoms with Gasteiger partial charge in [-0.25, -0.2) is 4.98 Å². The Morgan fingerprint density at radius 3 is 2.77 bits per heavy atom. The standard InChI is InChI=1S/C23H26N2O/c1-16-7-5-9-19(13-16)26-20-10-6-8-18(15-20)24-23-14-17(2)21-11-3-4-12-22(21)25-23/h3-5,7,9,11-14,18,20H,6,8,10,15H2,1-2H3,(H,24,25). The number of para-hydroxylation sites is 1. The number of hydrogen-bond donors (Lipinski definition) is 1. The maximum atomic E-state index is 6.24. The van der Waals surface area contributed by atoms with E-state index < -0.39 is 0 Å². The van der Waals surface area contributed by atoms with Crippen LogP contribution in [0.2, 0.25) is 0 Å². The topological polar surface area (TPSA) is 34.1 Å². The molecule has 26 heavy (non-hydrogen) atoms. The molecular formula is C23H26N2O. The van der Waals surface area contributed by atoms with E-state index in [2.05, 4.69) is 67.7 Å². The molecule has 4 rings (SSSR count). The second-order valence-corrected chi connectivity index (χ2v) is 7.41. The van der Waals surface area contributed by atoms with Crippen LogP contribution in [0, 0.1) is 13.8 Å². The van der Waals surface area contributed by atoms with Gasteiger partial charge >= 0.3 is 0 Å². The SMILES string of the molecule is Cc1cccc(OC2CCCC(Nc3cc(C)c4ccccc4n3)C2)c1. The molecule has 0 aliphatic heterocycles. The fourth-order valence-electron chi connectivity index (χ4n) is 3.90. The predicted molar refractivity (Wildman–Crippen MR) is 108 cm³/mol. The first kappa shape index (κ1) is 16.9. The number of rotatable bonds is 4. The van der Waals surface area contributed by atoms with Crippen molar-refractivity contribution in [2.75, 3.05) is 5.32 Å². The van der Waals surface area contributed by atoms with E-state index >= 15 is 0 Å². The van der Waals surface area contributed by atoms with Gasteiger partial charge < -0.3 is 10.1 Å². The Hall–Kier alpha value is -2.55. The van der Waals surface area contributed by atoms with Gasteiger partial charge in [0, 0.05) is 17.8 Å². The lowest BCUT2D eigenvalue weighted by Gasteiger charge is -2.30. The van der Waals surface area contributed by atoms with E-state index in [9.17, 15) is 0 Å². The van der Waals surface area contributed by atoms with E-state index in [-0.39, 0.29) is 6.10 Å². The lowest BCUT2D eigenvalue weighted by atomic mass is 9.92. The Bertz CT molecular complexity index is 906. The first-order valence-corrected chi connectivity index (χ1v) is 9.53. The summed E-state index contributed by atoms with van der Waals surface area (Å²) in [5.74, 6) is 1.96. The molecule has 0 amide bonds. The van der Waals surface area contributed by atoms with Gasteiger partial charge in [0.25, 0.3) is 0 Å². The van der Waals surface area contributed by atoms with Crippen LogP contribution in [0.15, 0.2) is 54.6 Å². The summed E-state index contributed by atoms with van der Waals surface area (Å²) in [6, 6.07) is 19.2. The molecule has 2 aromatic carbocycles. The molecule has 0 radical (unpaired) electrons. The van der Waals surface area contributed by atoms with Crippen LogP contribution in [0.3, 0.4) is 0 Å². The number of aromatic nitrogens is 1. The Morgan fingerprint density at radius 1 is 1.00 bits per heavy atom. The van der Waals surface area contributed by atoms with Gasteiger partial charge in [-0.05, 0) is 68.5 Å². The molecule has 1 aliphatic rings. The summed E-state index contributed by atoms with van der Waals surface area (Å²) in [6.45, 7) is 4.26. The Balaban J connectivity index is 1.45. The van der Waals surface area contributed by atoms with E-state index in [0.29, 0.717) is 6.04 Å². The van der Waals surface area contributed by atoms with Crippen molar-refractivity contribution in [2.45, 2.75) is 51.7 Å². The third-order valence-corrected chi connectivity index (χ3v) is 5.19. The molecule has 1 aliphatic carbocycles. The van der Waals surface area contributed by atoms with E-state index in [0.717, 1.165) is 29.9 Å². The van der Waals surface area contributed by atoms with Crippen molar-refractivity contribution in [1.82, 2.24) is 4.98 Å². The van der Waals surface area contributed by atoms with Gasteiger partial charge in [0.1, 0.15) is 17.7 Å². The zero-order chi connectivity index (χ0) is 17.9. The minimum Gasteiger partial charge on any atom is -0.490 e. The average Bonchev–Trinajstić information content (AvgIpc) is 2.62. The van der Waals surface area contributed by atoms with Crippen LogP contribution in [-0.4, -0.2) is 17.1 Å². The summed E-state index contributed by atoms with van der Waals surface area (Å²) in [5, 5.41) is 4.87. The highest BCUT2D eigenvalue weighted by Crippen LogP contribution is 2.27. The van der Waals surface area contributed by atoms with Crippen LogP contribution in [0.25, 0.3) is 10.9 Å². The van der Waals surface area contributed by atoms with Gasteiger partial charge in [0.2, 0.25) is 0 Å². The van der Waals surface area contributed by atoms with Crippen LogP contribution in [0.5, 0.6) is 5.75 Å². The highest BCUT2D eigenvalue weighted by Gasteiger charge is 2.23. The molecule has 2 unspecified atom stereocenters. The molecule has 0 spiro atoms. The Labute approximate surface area is 155 Å². The number of fused-ring (bicyclic) bond motifs is 1. The molecule has 134 valence electrons. The first-order chi connectivity index (χ1) is 12.7. The number of nitrogens with zero attached hydrogens (tertiary/aromatic N) is 1. The van der Waals surface area contributed by atoms with Crippen molar-refractivity contribution >= 4 is 16.7 Å². The molecule has 1 aromatic heterocycles. The molecular weight excluding hydrogens is 320 g/mol. The zero-order valence-electron chi connectivity index (χ0n) is 15.5. The monoisotopic (exact) mass is 346 g/mol. The first-order valence-electron chi connectivity index (χ1n) is 9.53. The molecule has 3 aromatic rings. The van der Waals surface area contributed by atoms with Crippen molar-refractivity contribution in [3.05, 3.63) is 65.7 Å². The van der Waals surface area contributed by atoms with E-state index in [1.165, 1.54) is 29.4 Å². The van der Waals surface area contributed by atoms with Crippen LogP contribution in [0.1, 0.15) is 36.8 Å². The van der Waals surface area contributed by atoms with Crippen molar-refractivity contribution in [3.8, 4) is 5.75 Å². The third-order valence-electron chi connectivity index (χ3n) is 5.19. The minimum absolute atomic E-state index is 0.268. The minimum atomic E-state index is 0.268. The molecule has 1 fully saturated rings. The van der Waals surface area contributed by atoms with Gasteiger partial charge in [-0.2, -0.15) is 0 Å². The maximum Gasteiger partial charge on any atom is 0.127 e. The van der Waals surface area contributed by atoms with E-state index in [1.54, 1.807) is 0 Å². The lowest BCUT2D eigenvalue weighted by molar-refractivity contribution is 0.148. The summed E-state index contributed by atoms with van der Waals surface area (Å²) in [5.41, 5.74) is 3.56. The fourth-order valence-corrected chi connectivity index (χ4v) is 3.90. The van der Waals surface area contributed by atoms with Crippen LogP contribution in [0.4, 0.5) is 5.82 Å². The average molecular weight is 346 g/mol. The fraction of sp³-hybridized carbons (Fsp3) is 0.348. The molecule has 3 heteroatoms. The summed E-state index contributed by atoms with van der Waals surface area (Å²) >= 11 is 0. The third kappa shape index (κ3) is 3.82. The number of ether oxygens (including phenoxy) is 1. The van der Waals surface area contributed by atoms with E-state index in [4.69, 9.17) is 9.72 Å². The van der Waals surface area contributed by atoms with Gasteiger partial charge in [0.05, 0.1) is 5.52 Å². The van der Waals surface area contributed by atoms with Crippen molar-refractivity contribution in [3.63, 3.8) is 0 Å². The van der Waals surface area contributed by atoms with Crippen molar-refractivity contribution in [2.24, 2.45) is 0 Å². The summed E-state index contributed by atoms with van der Waals surface area (Å²) in [4.78, 5) is 4.80. The normalized spacial score (nSPS) is 20.1. The van der Waals surface area contributed by atoms with Gasteiger partial charge in [0.15, 0.2) is 0 Å². The molecule has 3 nitrogen and oxygen atoms in total. The maximum absolute atomic E-state index is 6.24. The molecule has 2 atom stereocenters. The largest absolute Gasteiger partial charge is 0.490 e. The highest BCUT2D eigenvalue weighted by molar-refractivity contribution is 5.83. The van der Waals surface area contributed by atoms with Crippen LogP contribution < -0.4 is 10.1 Å². The van der Waals surface area contributed by atoms with Crippen molar-refractivity contribution in [1.29, 1.82) is 0 Å². The molecule has 1 heterocycles. The number of pyridine rings is 1. The highest BCUT2D eigenvalue weighted by atomic mass is 16.5. The second kappa shape index (κ2) is 7.36. The number of benzene rings is 2. The van der Waals surface area contributed by atoms with Gasteiger partial charge in [-0.3, -0.25) is 0 Å². The van der Waals surface area contributed by atoms with Crippen LogP contribution in [-0.2, 0) is 0 Å². The summed E-state index contributed by atoms with van der Waals surface area (Å²) in [6.07, 6.45) is 4.75. The molecule has 1 N–H and O–H groups in total. The van der Waals surface area contributed by atoms with Gasteiger partial charge in [-0.15, -0.1) is 0 Å². The predicted octanol–water partition coefficient (Wildman–Crippen LogP) is 5.65. The van der Waals surface area contributed by atoms with E-state index in [1.807, 2.05) is 6.07 Å². The van der Waals surface area contributed by atoms with Crippen LogP contribution >= 0.6 is 0 Å². The smallest absolute Gasteiger partial charge is 0.127 e. The number of nitrogens with one attached hydrogen (secondary N) is 1. The number of anilines is 1. The zero-order valence-corrected chi connectivity index (χ0v) is 15.5. The molecule has 1 saturated carbocycles. The number of hydrogen-bond acceptors (Lipinski definition) is 3. The molecule has 0 saturated heterocycles. The van der Waals surface area contributed by atoms with Crippen molar-refractivity contribution < 1.29 is 4.74 Å². The quantitative estimate of drug-likeness (QED) is 0.662. The molecule has 0 bridgehead atoms. The summed E-state index contributed by atoms with van der Waals surface area (Å²) < 4.78 is 6.24. The summed E-state index contributed by atoms with van der Waals surface area (Å²) in [7, 11) is 0. The van der Waals surface area contributed by atoms with Gasteiger partial charge in [-0.1, -0.05) is 30.3 Å². The number of aryl methyl sites for hydroxylation is 2. The lowest BCUT2D eigenvalue weighted by Crippen LogP contribution is -2.33.